The average molecular weight is 451 g/mol. The number of methoxy groups -OCH3 is 1. The number of nitrogens with one attached hydrogen (secondary N) is 2. The van der Waals surface area contributed by atoms with Crippen molar-refractivity contribution in [2.24, 2.45) is 0 Å². The van der Waals surface area contributed by atoms with Crippen LogP contribution in [0.5, 0.6) is 5.75 Å². The Morgan fingerprint density at radius 3 is 2.78 bits per heavy atom. The number of nitrogens with zero attached hydrogens (tertiary/aromatic N) is 3. The van der Waals surface area contributed by atoms with E-state index in [9.17, 15) is 28.1 Å². The van der Waals surface area contributed by atoms with Crippen LogP contribution >= 0.6 is 0 Å². The second-order valence-electron chi connectivity index (χ2n) is 7.00. The Morgan fingerprint density at radius 1 is 1.38 bits per heavy atom. The summed E-state index contributed by atoms with van der Waals surface area (Å²) in [6.07, 6.45) is -3.64. The Morgan fingerprint density at radius 2 is 2.16 bits per heavy atom. The molecule has 0 bridgehead atoms. The van der Waals surface area contributed by atoms with Crippen LogP contribution in [-0.2, 0) is 0 Å². The summed E-state index contributed by atoms with van der Waals surface area (Å²) in [5, 5.41) is 20.2. The number of non-ortho nitro benzene ring substituents is 1. The van der Waals surface area contributed by atoms with Crippen LogP contribution in [0.2, 0.25) is 0 Å². The van der Waals surface area contributed by atoms with E-state index in [0.717, 1.165) is 12.1 Å². The first-order valence-electron chi connectivity index (χ1n) is 9.26. The van der Waals surface area contributed by atoms with E-state index in [1.54, 1.807) is 12.1 Å². The predicted octanol–water partition coefficient (Wildman–Crippen LogP) is 4.31. The molecule has 0 spiro atoms. The lowest BCUT2D eigenvalue weighted by Crippen LogP contribution is -2.35. The third kappa shape index (κ3) is 4.08. The highest BCUT2D eigenvalue weighted by Crippen LogP contribution is 2.43. The molecule has 1 amide bonds. The number of fused-ring (bicyclic) bond motifs is 1. The van der Waals surface area contributed by atoms with Gasteiger partial charge in [-0.2, -0.15) is 18.3 Å². The van der Waals surface area contributed by atoms with E-state index in [1.165, 1.54) is 25.5 Å². The molecule has 3 heterocycles. The molecule has 2 aromatic heterocycles. The fourth-order valence-corrected chi connectivity index (χ4v) is 3.43. The van der Waals surface area contributed by atoms with E-state index in [4.69, 9.17) is 9.15 Å². The summed E-state index contributed by atoms with van der Waals surface area (Å²) in [5.74, 6) is -0.409. The molecule has 13 heteroatoms. The maximum absolute atomic E-state index is 13.7. The lowest BCUT2D eigenvalue weighted by atomic mass is 10.0. The summed E-state index contributed by atoms with van der Waals surface area (Å²) in [7, 11) is 1.30. The van der Waals surface area contributed by atoms with Gasteiger partial charge in [0.2, 0.25) is 0 Å². The maximum atomic E-state index is 13.7. The summed E-state index contributed by atoms with van der Waals surface area (Å²) >= 11 is 0. The number of hydrogen-bond acceptors (Lipinski definition) is 7. The Hall–Kier alpha value is -4.03. The monoisotopic (exact) mass is 451 g/mol. The van der Waals surface area contributed by atoms with Crippen molar-refractivity contribution < 1.29 is 32.0 Å². The highest BCUT2D eigenvalue weighted by atomic mass is 19.4. The number of carbonyl (C=O) groups is 1. The lowest BCUT2D eigenvalue weighted by Gasteiger charge is -2.32. The minimum atomic E-state index is -4.62. The first-order chi connectivity index (χ1) is 15.2. The first-order valence-corrected chi connectivity index (χ1v) is 9.26. The molecule has 4 rings (SSSR count). The molecule has 3 aromatic rings. The van der Waals surface area contributed by atoms with Gasteiger partial charge in [0.25, 0.3) is 11.6 Å². The van der Waals surface area contributed by atoms with Gasteiger partial charge >= 0.3 is 6.18 Å². The van der Waals surface area contributed by atoms with E-state index in [2.05, 4.69) is 15.7 Å². The third-order valence-corrected chi connectivity index (χ3v) is 4.90. The molecular formula is C19H16F3N5O5. The van der Waals surface area contributed by atoms with Crippen LogP contribution < -0.4 is 15.4 Å². The number of furan rings is 1. The van der Waals surface area contributed by atoms with Gasteiger partial charge in [0.15, 0.2) is 11.7 Å². The largest absolute Gasteiger partial charge is 0.496 e. The summed E-state index contributed by atoms with van der Waals surface area (Å²) in [6, 6.07) is 5.16. The third-order valence-electron chi connectivity index (χ3n) is 4.90. The van der Waals surface area contributed by atoms with E-state index < -0.39 is 29.1 Å². The molecule has 0 saturated carbocycles. The fraction of sp³-hybridized carbons (Fsp3) is 0.263. The Kier molecular flexibility index (Phi) is 5.24. The number of nitro benzene ring substituents is 1. The van der Waals surface area contributed by atoms with E-state index in [1.807, 2.05) is 0 Å². The molecule has 2 atom stereocenters. The van der Waals surface area contributed by atoms with E-state index in [0.29, 0.717) is 10.4 Å². The van der Waals surface area contributed by atoms with Gasteiger partial charge in [-0.1, -0.05) is 0 Å². The molecule has 1 aromatic carbocycles. The molecule has 10 nitrogen and oxygen atoms in total. The van der Waals surface area contributed by atoms with Crippen molar-refractivity contribution in [2.75, 3.05) is 17.7 Å². The molecule has 1 aliphatic heterocycles. The van der Waals surface area contributed by atoms with Crippen LogP contribution in [0.25, 0.3) is 0 Å². The summed E-state index contributed by atoms with van der Waals surface area (Å²) in [6.45, 7) is 0. The highest BCUT2D eigenvalue weighted by Gasteiger charge is 2.47. The van der Waals surface area contributed by atoms with Gasteiger partial charge in [-0.25, -0.2) is 4.68 Å². The summed E-state index contributed by atoms with van der Waals surface area (Å²) < 4.78 is 52.0. The standard InChI is InChI=1S/C19H16F3N5O5/c1-31-12-6-10(5-11(7-12)27(29)30)23-18(28)14-9-17-24-13(15-3-2-4-32-15)8-16(19(20,21)22)26(17)25-14/h2-7,9,13,16,24H,8H2,1H3,(H,23,28)/t13-,16-/m0/s1. The zero-order chi connectivity index (χ0) is 23.0. The second kappa shape index (κ2) is 7.90. The predicted molar refractivity (Wildman–Crippen MR) is 105 cm³/mol. The molecule has 1 aliphatic rings. The Bertz CT molecular complexity index is 1160. The number of rotatable bonds is 5. The number of aromatic nitrogens is 2. The molecule has 168 valence electrons. The lowest BCUT2D eigenvalue weighted by molar-refractivity contribution is -0.384. The van der Waals surface area contributed by atoms with Crippen molar-refractivity contribution in [1.82, 2.24) is 9.78 Å². The van der Waals surface area contributed by atoms with E-state index in [-0.39, 0.29) is 35.1 Å². The topological polar surface area (TPSA) is 124 Å². The van der Waals surface area contributed by atoms with Crippen molar-refractivity contribution in [3.63, 3.8) is 0 Å². The number of alkyl halides is 3. The normalized spacial score (nSPS) is 17.9. The van der Waals surface area contributed by atoms with Crippen LogP contribution in [0.4, 0.5) is 30.4 Å². The first kappa shape index (κ1) is 21.2. The molecule has 0 unspecified atom stereocenters. The molecule has 0 fully saturated rings. The molecule has 32 heavy (non-hydrogen) atoms. The number of ether oxygens (including phenoxy) is 1. The fourth-order valence-electron chi connectivity index (χ4n) is 3.43. The zero-order valence-corrected chi connectivity index (χ0v) is 16.4. The molecule has 0 radical (unpaired) electrons. The van der Waals surface area contributed by atoms with Crippen molar-refractivity contribution in [2.45, 2.75) is 24.7 Å². The van der Waals surface area contributed by atoms with Crippen molar-refractivity contribution in [1.29, 1.82) is 0 Å². The van der Waals surface area contributed by atoms with Crippen LogP contribution in [-0.4, -0.2) is 33.9 Å². The molecule has 2 N–H and O–H groups in total. The van der Waals surface area contributed by atoms with Gasteiger partial charge in [0, 0.05) is 24.6 Å². The molecule has 0 saturated heterocycles. The minimum Gasteiger partial charge on any atom is -0.496 e. The Balaban J connectivity index is 1.63. The van der Waals surface area contributed by atoms with Crippen LogP contribution in [0.1, 0.15) is 34.8 Å². The number of carbonyl (C=O) groups excluding carboxylic acids is 1. The Labute approximate surface area is 178 Å². The molecule has 0 aliphatic carbocycles. The van der Waals surface area contributed by atoms with E-state index >= 15 is 0 Å². The van der Waals surface area contributed by atoms with Gasteiger partial charge in [-0.15, -0.1) is 0 Å². The SMILES string of the molecule is COc1cc(NC(=O)c2cc3n(n2)[C@H](C(F)(F)F)C[C@@H](c2ccco2)N3)cc([N+](=O)[O-])c1. The molecular weight excluding hydrogens is 435 g/mol. The van der Waals surface area contributed by atoms with Crippen LogP contribution in [0, 0.1) is 10.1 Å². The zero-order valence-electron chi connectivity index (χ0n) is 16.4. The number of anilines is 2. The number of halogens is 3. The van der Waals surface area contributed by atoms with Gasteiger partial charge in [-0.05, 0) is 12.1 Å². The summed E-state index contributed by atoms with van der Waals surface area (Å²) in [4.78, 5) is 23.1. The maximum Gasteiger partial charge on any atom is 0.410 e. The quantitative estimate of drug-likeness (QED) is 0.438. The number of hydrogen-bond donors (Lipinski definition) is 2. The smallest absolute Gasteiger partial charge is 0.410 e. The highest BCUT2D eigenvalue weighted by molar-refractivity contribution is 6.03. The van der Waals surface area contributed by atoms with Crippen molar-refractivity contribution in [3.05, 3.63) is 64.2 Å². The second-order valence-corrected chi connectivity index (χ2v) is 7.00. The van der Waals surface area contributed by atoms with Gasteiger partial charge in [0.1, 0.15) is 17.3 Å². The van der Waals surface area contributed by atoms with Crippen molar-refractivity contribution in [3.8, 4) is 5.75 Å². The average Bonchev–Trinajstić information content (AvgIpc) is 3.41. The van der Waals surface area contributed by atoms with Gasteiger partial charge < -0.3 is 19.8 Å². The number of nitro groups is 1. The van der Waals surface area contributed by atoms with Crippen LogP contribution in [0.15, 0.2) is 47.1 Å². The number of benzene rings is 1. The van der Waals surface area contributed by atoms with Gasteiger partial charge in [-0.3, -0.25) is 14.9 Å². The van der Waals surface area contributed by atoms with Crippen molar-refractivity contribution >= 4 is 23.1 Å². The summed E-state index contributed by atoms with van der Waals surface area (Å²) in [5.41, 5.74) is -0.600. The van der Waals surface area contributed by atoms with Crippen LogP contribution in [0.3, 0.4) is 0 Å². The number of amides is 1. The van der Waals surface area contributed by atoms with Gasteiger partial charge in [0.05, 0.1) is 36.1 Å². The minimum absolute atomic E-state index is 0.0123.